The van der Waals surface area contributed by atoms with Crippen molar-refractivity contribution in [3.05, 3.63) is 66.6 Å². The topological polar surface area (TPSA) is 112 Å². The molecule has 0 amide bonds. The Balaban J connectivity index is 0.000000301. The molecule has 0 unspecified atom stereocenters. The van der Waals surface area contributed by atoms with Gasteiger partial charge in [-0.1, -0.05) is 6.07 Å². The van der Waals surface area contributed by atoms with Crippen LogP contribution < -0.4 is 5.32 Å². The lowest BCUT2D eigenvalue weighted by atomic mass is 10.2. The van der Waals surface area contributed by atoms with Crippen molar-refractivity contribution in [2.75, 3.05) is 5.32 Å². The molecule has 0 fully saturated rings. The SMILES string of the molecule is O=C(O)C(=O)O.c1cnc2ccc(NCc3ccncc3)cc2c1. The quantitative estimate of drug-likeness (QED) is 0.634. The summed E-state index contributed by atoms with van der Waals surface area (Å²) in [4.78, 5) is 26.5. The number of carboxylic acid groups (broad SMARTS) is 2. The lowest BCUT2D eigenvalue weighted by Gasteiger charge is -2.07. The Morgan fingerprint density at radius 2 is 1.67 bits per heavy atom. The monoisotopic (exact) mass is 325 g/mol. The Morgan fingerprint density at radius 1 is 0.958 bits per heavy atom. The van der Waals surface area contributed by atoms with Gasteiger partial charge in [-0.25, -0.2) is 9.59 Å². The predicted molar refractivity (Wildman–Crippen MR) is 88.6 cm³/mol. The molecule has 0 aliphatic rings. The molecule has 2 heterocycles. The third kappa shape index (κ3) is 5.06. The first-order valence-corrected chi connectivity index (χ1v) is 7.00. The highest BCUT2D eigenvalue weighted by atomic mass is 16.4. The number of fused-ring (bicyclic) bond motifs is 1. The van der Waals surface area contributed by atoms with E-state index < -0.39 is 11.9 Å². The molecule has 2 aromatic heterocycles. The summed E-state index contributed by atoms with van der Waals surface area (Å²) in [5.74, 6) is -3.65. The van der Waals surface area contributed by atoms with Crippen molar-refractivity contribution in [2.45, 2.75) is 6.54 Å². The van der Waals surface area contributed by atoms with Gasteiger partial charge in [-0.05, 0) is 42.0 Å². The van der Waals surface area contributed by atoms with Crippen LogP contribution in [0.15, 0.2) is 61.1 Å². The van der Waals surface area contributed by atoms with Gasteiger partial charge in [-0.2, -0.15) is 0 Å². The number of anilines is 1. The fraction of sp³-hybridized carbons (Fsp3) is 0.0588. The second kappa shape index (κ2) is 8.23. The standard InChI is InChI=1S/C15H13N3.C2H2O4/c1-2-13-10-14(3-4-15(13)17-7-1)18-11-12-5-8-16-9-6-12;3-1(4)2(5)6/h1-10,18H,11H2;(H,3,4)(H,5,6). The van der Waals surface area contributed by atoms with Gasteiger partial charge in [0.05, 0.1) is 5.52 Å². The van der Waals surface area contributed by atoms with Crippen LogP contribution in [0.4, 0.5) is 5.69 Å². The van der Waals surface area contributed by atoms with Crippen LogP contribution in [0.2, 0.25) is 0 Å². The maximum Gasteiger partial charge on any atom is 0.414 e. The highest BCUT2D eigenvalue weighted by Crippen LogP contribution is 2.17. The number of aromatic nitrogens is 2. The van der Waals surface area contributed by atoms with Gasteiger partial charge in [0.25, 0.3) is 0 Å². The third-order valence-electron chi connectivity index (χ3n) is 3.03. The van der Waals surface area contributed by atoms with E-state index in [-0.39, 0.29) is 0 Å². The van der Waals surface area contributed by atoms with Crippen molar-refractivity contribution in [1.29, 1.82) is 0 Å². The number of benzene rings is 1. The zero-order valence-electron chi connectivity index (χ0n) is 12.6. The van der Waals surface area contributed by atoms with Crippen LogP contribution in [0.25, 0.3) is 10.9 Å². The number of hydrogen-bond donors (Lipinski definition) is 3. The summed E-state index contributed by atoms with van der Waals surface area (Å²) >= 11 is 0. The van der Waals surface area contributed by atoms with Crippen molar-refractivity contribution in [1.82, 2.24) is 9.97 Å². The first-order chi connectivity index (χ1) is 11.6. The number of carbonyl (C=O) groups is 2. The molecule has 0 spiro atoms. The fourth-order valence-corrected chi connectivity index (χ4v) is 1.89. The van der Waals surface area contributed by atoms with Gasteiger partial charge in [0.1, 0.15) is 0 Å². The average Bonchev–Trinajstić information content (AvgIpc) is 2.61. The average molecular weight is 325 g/mol. The summed E-state index contributed by atoms with van der Waals surface area (Å²) in [5.41, 5.74) is 3.34. The van der Waals surface area contributed by atoms with E-state index in [1.807, 2.05) is 30.5 Å². The Morgan fingerprint density at radius 3 is 2.33 bits per heavy atom. The van der Waals surface area contributed by atoms with Crippen molar-refractivity contribution in [3.8, 4) is 0 Å². The summed E-state index contributed by atoms with van der Waals surface area (Å²) in [7, 11) is 0. The van der Waals surface area contributed by atoms with E-state index in [0.29, 0.717) is 0 Å². The summed E-state index contributed by atoms with van der Waals surface area (Å²) in [6.45, 7) is 0.800. The maximum atomic E-state index is 9.10. The molecule has 3 N–H and O–H groups in total. The number of nitrogens with one attached hydrogen (secondary N) is 1. The molecule has 122 valence electrons. The zero-order chi connectivity index (χ0) is 17.4. The second-order valence-corrected chi connectivity index (χ2v) is 4.73. The zero-order valence-corrected chi connectivity index (χ0v) is 12.6. The number of rotatable bonds is 3. The van der Waals surface area contributed by atoms with Gasteiger partial charge < -0.3 is 15.5 Å². The van der Waals surface area contributed by atoms with E-state index in [2.05, 4.69) is 33.5 Å². The Hall–Kier alpha value is -3.48. The molecule has 0 saturated carbocycles. The summed E-state index contributed by atoms with van der Waals surface area (Å²) < 4.78 is 0. The molecule has 0 atom stereocenters. The fourth-order valence-electron chi connectivity index (χ4n) is 1.89. The molecule has 7 heteroatoms. The van der Waals surface area contributed by atoms with Crippen LogP contribution in [0.3, 0.4) is 0 Å². The largest absolute Gasteiger partial charge is 0.473 e. The van der Waals surface area contributed by atoms with Crippen molar-refractivity contribution >= 4 is 28.5 Å². The lowest BCUT2D eigenvalue weighted by Crippen LogP contribution is -2.09. The van der Waals surface area contributed by atoms with Crippen LogP contribution in [0.5, 0.6) is 0 Å². The minimum atomic E-state index is -1.82. The Kier molecular flexibility index (Phi) is 5.79. The van der Waals surface area contributed by atoms with Gasteiger partial charge in [0, 0.05) is 36.2 Å². The highest BCUT2D eigenvalue weighted by Gasteiger charge is 2.04. The minimum absolute atomic E-state index is 0.800. The summed E-state index contributed by atoms with van der Waals surface area (Å²) in [5, 5.41) is 19.3. The van der Waals surface area contributed by atoms with Gasteiger partial charge in [-0.3, -0.25) is 9.97 Å². The molecule has 0 bridgehead atoms. The Labute approximate surface area is 137 Å². The lowest BCUT2D eigenvalue weighted by molar-refractivity contribution is -0.159. The number of pyridine rings is 2. The normalized spacial score (nSPS) is 9.67. The van der Waals surface area contributed by atoms with Gasteiger partial charge in [-0.15, -0.1) is 0 Å². The number of hydrogen-bond acceptors (Lipinski definition) is 5. The van der Waals surface area contributed by atoms with E-state index in [1.165, 1.54) is 5.56 Å². The maximum absolute atomic E-state index is 9.10. The first-order valence-electron chi connectivity index (χ1n) is 7.00. The molecule has 7 nitrogen and oxygen atoms in total. The first kappa shape index (κ1) is 16.9. The van der Waals surface area contributed by atoms with E-state index in [4.69, 9.17) is 19.8 Å². The Bertz CT molecular complexity index is 825. The molecule has 24 heavy (non-hydrogen) atoms. The number of carboxylic acids is 2. The smallest absolute Gasteiger partial charge is 0.414 e. The van der Waals surface area contributed by atoms with Crippen LogP contribution in [-0.4, -0.2) is 32.1 Å². The molecule has 0 aliphatic carbocycles. The molecule has 0 saturated heterocycles. The highest BCUT2D eigenvalue weighted by molar-refractivity contribution is 6.27. The van der Waals surface area contributed by atoms with E-state index in [9.17, 15) is 0 Å². The molecule has 0 aliphatic heterocycles. The van der Waals surface area contributed by atoms with Crippen molar-refractivity contribution in [3.63, 3.8) is 0 Å². The molecule has 3 rings (SSSR count). The summed E-state index contributed by atoms with van der Waals surface area (Å²) in [6.07, 6.45) is 5.43. The predicted octanol–water partition coefficient (Wildman–Crippen LogP) is 2.40. The number of aliphatic carboxylic acids is 2. The van der Waals surface area contributed by atoms with Crippen molar-refractivity contribution < 1.29 is 19.8 Å². The van der Waals surface area contributed by atoms with Crippen LogP contribution in [0, 0.1) is 0 Å². The van der Waals surface area contributed by atoms with Gasteiger partial charge in [0.15, 0.2) is 0 Å². The molecule has 0 radical (unpaired) electrons. The van der Waals surface area contributed by atoms with Crippen LogP contribution in [-0.2, 0) is 16.1 Å². The minimum Gasteiger partial charge on any atom is -0.473 e. The van der Waals surface area contributed by atoms with E-state index >= 15 is 0 Å². The second-order valence-electron chi connectivity index (χ2n) is 4.73. The third-order valence-corrected chi connectivity index (χ3v) is 3.03. The van der Waals surface area contributed by atoms with E-state index in [1.54, 1.807) is 12.4 Å². The van der Waals surface area contributed by atoms with Gasteiger partial charge >= 0.3 is 11.9 Å². The number of nitrogens with zero attached hydrogens (tertiary/aromatic N) is 2. The molecular formula is C17H15N3O4. The molecule has 3 aromatic rings. The molecule has 1 aromatic carbocycles. The molecular weight excluding hydrogens is 310 g/mol. The van der Waals surface area contributed by atoms with Gasteiger partial charge in [0.2, 0.25) is 0 Å². The van der Waals surface area contributed by atoms with Crippen molar-refractivity contribution in [2.24, 2.45) is 0 Å². The van der Waals surface area contributed by atoms with Crippen LogP contribution in [0.1, 0.15) is 5.56 Å². The van der Waals surface area contributed by atoms with E-state index in [0.717, 1.165) is 23.1 Å². The summed E-state index contributed by atoms with van der Waals surface area (Å²) in [6, 6.07) is 14.2. The van der Waals surface area contributed by atoms with Crippen LogP contribution >= 0.6 is 0 Å².